The third kappa shape index (κ3) is 8.73. The number of rotatable bonds is 0. The second-order valence-electron chi connectivity index (χ2n) is 7.64. The normalized spacial score (nSPS) is 17.6. The number of hydrogen-bond acceptors (Lipinski definition) is 4. The van der Waals surface area contributed by atoms with Crippen molar-refractivity contribution in [3.63, 3.8) is 0 Å². The fraction of sp³-hybridized carbons (Fsp3) is 0.560. The molecule has 0 radical (unpaired) electrons. The van der Waals surface area contributed by atoms with Crippen molar-refractivity contribution in [2.45, 2.75) is 52.8 Å². The van der Waals surface area contributed by atoms with E-state index in [0.717, 1.165) is 44.7 Å². The van der Waals surface area contributed by atoms with Gasteiger partial charge in [0.2, 0.25) is 5.96 Å². The zero-order valence-electron chi connectivity index (χ0n) is 20.8. The van der Waals surface area contributed by atoms with Crippen LogP contribution in [-0.4, -0.2) is 60.9 Å². The van der Waals surface area contributed by atoms with Gasteiger partial charge in [0.15, 0.2) is 0 Å². The first-order valence-electron chi connectivity index (χ1n) is 11.1. The summed E-state index contributed by atoms with van der Waals surface area (Å²) in [5, 5.41) is 0. The molecule has 1 aromatic carbocycles. The van der Waals surface area contributed by atoms with Gasteiger partial charge in [-0.25, -0.2) is 9.38 Å². The average molecular weight is 471 g/mol. The van der Waals surface area contributed by atoms with Crippen LogP contribution in [0.5, 0.6) is 0 Å². The van der Waals surface area contributed by atoms with E-state index in [9.17, 15) is 17.6 Å². The van der Waals surface area contributed by atoms with Gasteiger partial charge >= 0.3 is 6.18 Å². The number of fused-ring (bicyclic) bond motifs is 1. The molecular formula is C25H38F4N4. The molecule has 33 heavy (non-hydrogen) atoms. The van der Waals surface area contributed by atoms with Crippen LogP contribution in [0, 0.1) is 18.2 Å². The fourth-order valence-electron chi connectivity index (χ4n) is 3.10. The van der Waals surface area contributed by atoms with Crippen molar-refractivity contribution in [2.24, 2.45) is 4.99 Å². The van der Waals surface area contributed by atoms with Crippen LogP contribution in [0.2, 0.25) is 0 Å². The molecule has 0 saturated carbocycles. The minimum absolute atomic E-state index is 0.278. The highest BCUT2D eigenvalue weighted by molar-refractivity contribution is 5.86. The number of benzene rings is 1. The maximum atomic E-state index is 13.9. The van der Waals surface area contributed by atoms with Crippen LogP contribution in [0.25, 0.3) is 0 Å². The molecule has 3 rings (SSSR count). The number of hydrogen-bond donors (Lipinski definition) is 0. The molecular weight excluding hydrogens is 432 g/mol. The number of halogens is 4. The lowest BCUT2D eigenvalue weighted by Crippen LogP contribution is -2.52. The van der Waals surface area contributed by atoms with Crippen molar-refractivity contribution in [3.05, 3.63) is 42.2 Å². The van der Waals surface area contributed by atoms with Gasteiger partial charge in [-0.2, -0.15) is 13.2 Å². The van der Waals surface area contributed by atoms with Crippen LogP contribution < -0.4 is 0 Å². The van der Waals surface area contributed by atoms with E-state index >= 15 is 0 Å². The van der Waals surface area contributed by atoms with Crippen molar-refractivity contribution in [3.8, 4) is 12.3 Å². The SMILES string of the molecule is C#CCC.C=C.CC1c2cc(C(F)(F)F)c(F)cc2N=C(N2CCN(C)CC2)N1C.CCC. The quantitative estimate of drug-likeness (QED) is 0.251. The van der Waals surface area contributed by atoms with Crippen LogP contribution in [-0.2, 0) is 6.18 Å². The minimum Gasteiger partial charge on any atom is -0.340 e. The number of likely N-dealkylation sites (N-methyl/N-ethyl adjacent to an activating group) is 1. The predicted octanol–water partition coefficient (Wildman–Crippen LogP) is 6.33. The average Bonchev–Trinajstić information content (AvgIpc) is 2.78. The molecule has 2 aliphatic heterocycles. The zero-order chi connectivity index (χ0) is 25.8. The lowest BCUT2D eigenvalue weighted by molar-refractivity contribution is -0.140. The van der Waals surface area contributed by atoms with Crippen molar-refractivity contribution in [2.75, 3.05) is 40.3 Å². The van der Waals surface area contributed by atoms with Crippen LogP contribution in [0.1, 0.15) is 57.7 Å². The lowest BCUT2D eigenvalue weighted by atomic mass is 9.99. The molecule has 186 valence electrons. The van der Waals surface area contributed by atoms with E-state index in [1.54, 1.807) is 7.05 Å². The summed E-state index contributed by atoms with van der Waals surface area (Å²) in [5.41, 5.74) is -0.566. The van der Waals surface area contributed by atoms with Gasteiger partial charge in [0.05, 0.1) is 17.3 Å². The Labute approximate surface area is 197 Å². The topological polar surface area (TPSA) is 22.1 Å². The highest BCUT2D eigenvalue weighted by atomic mass is 19.4. The second-order valence-corrected chi connectivity index (χ2v) is 7.64. The fourth-order valence-corrected chi connectivity index (χ4v) is 3.10. The molecule has 1 unspecified atom stereocenters. The van der Waals surface area contributed by atoms with Crippen molar-refractivity contribution >= 4 is 11.6 Å². The summed E-state index contributed by atoms with van der Waals surface area (Å²) >= 11 is 0. The largest absolute Gasteiger partial charge is 0.419 e. The Morgan fingerprint density at radius 3 is 2.00 bits per heavy atom. The van der Waals surface area contributed by atoms with Gasteiger partial charge in [-0.3, -0.25) is 0 Å². The second kappa shape index (κ2) is 14.6. The molecule has 0 amide bonds. The molecule has 0 aromatic heterocycles. The minimum atomic E-state index is -4.71. The standard InChI is InChI=1S/C16H20F4N4.C4H6.C3H8.C2H4/c1-10-11-8-12(16(18,19)20)13(17)9-14(11)21-15(23(10)3)24-6-4-22(2)5-7-24;1-3-4-2;1-3-2;1-2/h8-10H,4-7H2,1-3H3;1H,4H2,2H3;3H2,1-2H3;1-2H2. The molecule has 2 aliphatic rings. The Hall–Kier alpha value is -2.53. The van der Waals surface area contributed by atoms with Crippen molar-refractivity contribution < 1.29 is 17.6 Å². The number of guanidine groups is 1. The summed E-state index contributed by atoms with van der Waals surface area (Å²) in [6.07, 6.45) is 2.17. The summed E-state index contributed by atoms with van der Waals surface area (Å²) in [6.45, 7) is 17.3. The highest BCUT2D eigenvalue weighted by Crippen LogP contribution is 2.40. The molecule has 1 atom stereocenters. The van der Waals surface area contributed by atoms with Crippen LogP contribution in [0.4, 0.5) is 23.2 Å². The number of piperazine rings is 1. The molecule has 1 saturated heterocycles. The first-order valence-corrected chi connectivity index (χ1v) is 11.1. The molecule has 8 heteroatoms. The maximum Gasteiger partial charge on any atom is 0.419 e. The molecule has 1 fully saturated rings. The summed E-state index contributed by atoms with van der Waals surface area (Å²) in [4.78, 5) is 10.6. The van der Waals surface area contributed by atoms with E-state index in [0.29, 0.717) is 11.5 Å². The van der Waals surface area contributed by atoms with Gasteiger partial charge in [0.1, 0.15) is 5.82 Å². The van der Waals surface area contributed by atoms with Crippen molar-refractivity contribution in [1.29, 1.82) is 0 Å². The van der Waals surface area contributed by atoms with E-state index in [-0.39, 0.29) is 11.7 Å². The van der Waals surface area contributed by atoms with Crippen LogP contribution in [0.15, 0.2) is 30.3 Å². The van der Waals surface area contributed by atoms with Crippen LogP contribution >= 0.6 is 0 Å². The third-order valence-corrected chi connectivity index (χ3v) is 4.98. The summed E-state index contributed by atoms with van der Waals surface area (Å²) in [5.74, 6) is 1.83. The highest BCUT2D eigenvalue weighted by Gasteiger charge is 2.37. The van der Waals surface area contributed by atoms with E-state index < -0.39 is 17.6 Å². The lowest BCUT2D eigenvalue weighted by Gasteiger charge is -2.42. The first kappa shape index (κ1) is 30.5. The Kier molecular flexibility index (Phi) is 13.5. The number of alkyl halides is 3. The Bertz CT molecular complexity index is 791. The Balaban J connectivity index is 0.000000989. The van der Waals surface area contributed by atoms with Gasteiger partial charge < -0.3 is 14.7 Å². The third-order valence-electron chi connectivity index (χ3n) is 4.98. The van der Waals surface area contributed by atoms with E-state index in [4.69, 9.17) is 6.42 Å². The molecule has 0 N–H and O–H groups in total. The summed E-state index contributed by atoms with van der Waals surface area (Å²) < 4.78 is 52.7. The van der Waals surface area contributed by atoms with E-state index in [1.165, 1.54) is 6.42 Å². The zero-order valence-corrected chi connectivity index (χ0v) is 20.8. The van der Waals surface area contributed by atoms with Gasteiger partial charge in [-0.05, 0) is 20.0 Å². The van der Waals surface area contributed by atoms with Crippen LogP contribution in [0.3, 0.4) is 0 Å². The number of aliphatic imine (C=N–C) groups is 1. The van der Waals surface area contributed by atoms with Gasteiger partial charge in [-0.1, -0.05) is 27.2 Å². The van der Waals surface area contributed by atoms with Crippen molar-refractivity contribution in [1.82, 2.24) is 14.7 Å². The monoisotopic (exact) mass is 470 g/mol. The van der Waals surface area contributed by atoms with E-state index in [2.05, 4.69) is 47.7 Å². The summed E-state index contributed by atoms with van der Waals surface area (Å²) in [6, 6.07) is 1.47. The summed E-state index contributed by atoms with van der Waals surface area (Å²) in [7, 11) is 3.84. The van der Waals surface area contributed by atoms with Gasteiger partial charge in [-0.15, -0.1) is 25.5 Å². The number of nitrogens with zero attached hydrogens (tertiary/aromatic N) is 4. The smallest absolute Gasteiger partial charge is 0.340 e. The molecule has 1 aromatic rings. The first-order chi connectivity index (χ1) is 15.5. The number of terminal acetylenes is 1. The Morgan fingerprint density at radius 1 is 1.09 bits per heavy atom. The van der Waals surface area contributed by atoms with E-state index in [1.807, 2.05) is 25.8 Å². The van der Waals surface area contributed by atoms with Gasteiger partial charge in [0, 0.05) is 51.3 Å². The Morgan fingerprint density at radius 2 is 1.58 bits per heavy atom. The van der Waals surface area contributed by atoms with Gasteiger partial charge in [0.25, 0.3) is 0 Å². The molecule has 0 bridgehead atoms. The predicted molar refractivity (Wildman–Crippen MR) is 130 cm³/mol. The maximum absolute atomic E-state index is 13.9. The molecule has 0 aliphatic carbocycles. The molecule has 0 spiro atoms. The molecule has 2 heterocycles. The molecule has 4 nitrogen and oxygen atoms in total.